The van der Waals surface area contributed by atoms with Gasteiger partial charge in [0.25, 0.3) is 0 Å². The van der Waals surface area contributed by atoms with Crippen LogP contribution in [0.4, 0.5) is 0 Å². The fraction of sp³-hybridized carbons (Fsp3) is 0.0769. The van der Waals surface area contributed by atoms with Crippen LogP contribution in [-0.2, 0) is 0 Å². The number of nitrogens with two attached hydrogens (primary N) is 2. The molecule has 0 amide bonds. The summed E-state index contributed by atoms with van der Waals surface area (Å²) in [4.78, 5) is 26.5. The van der Waals surface area contributed by atoms with Crippen molar-refractivity contribution >= 4 is 11.6 Å². The molecule has 0 radical (unpaired) electrons. The van der Waals surface area contributed by atoms with Crippen molar-refractivity contribution in [3.8, 4) is 0 Å². The lowest BCUT2D eigenvalue weighted by atomic mass is 9.78. The third-order valence-electron chi connectivity index (χ3n) is 5.19. The first-order chi connectivity index (χ1) is 14.5. The molecule has 1 aliphatic carbocycles. The molecule has 30 heavy (non-hydrogen) atoms. The maximum atomic E-state index is 13.3. The minimum Gasteiger partial charge on any atom is -0.307 e. The van der Waals surface area contributed by atoms with Crippen LogP contribution in [0.15, 0.2) is 109 Å². The molecule has 0 fully saturated rings. The second-order valence-electron chi connectivity index (χ2n) is 7.41. The number of carbonyl (C=O) groups is 2. The Bertz CT molecular complexity index is 1150. The second-order valence-corrected chi connectivity index (χ2v) is 7.41. The molecule has 0 saturated heterocycles. The van der Waals surface area contributed by atoms with Crippen molar-refractivity contribution in [3.05, 3.63) is 131 Å². The summed E-state index contributed by atoms with van der Waals surface area (Å²) < 4.78 is 0. The Kier molecular flexibility index (Phi) is 5.27. The number of carbonyl (C=O) groups excluding carboxylic acids is 2. The maximum absolute atomic E-state index is 13.3. The number of allylic oxidation sites excluding steroid dienone is 2. The molecule has 0 bridgehead atoms. The molecule has 0 spiro atoms. The van der Waals surface area contributed by atoms with E-state index < -0.39 is 11.6 Å². The van der Waals surface area contributed by atoms with Gasteiger partial charge in [-0.25, -0.2) is 0 Å². The first-order valence-electron chi connectivity index (χ1n) is 9.74. The lowest BCUT2D eigenvalue weighted by Gasteiger charge is -2.28. The molecule has 1 aliphatic rings. The van der Waals surface area contributed by atoms with Crippen molar-refractivity contribution in [3.63, 3.8) is 0 Å². The van der Waals surface area contributed by atoms with Crippen molar-refractivity contribution in [1.29, 1.82) is 0 Å². The zero-order valence-corrected chi connectivity index (χ0v) is 16.4. The standard InChI is InChI=1S/C26H22N2O2/c27-26(28)16-15-21(23(17-26)25(30)19-11-5-2-6-12-19)20-13-7-8-14-22(20)24(29)18-9-3-1-4-10-18/h1-17,21H,27-28H2. The Morgan fingerprint density at radius 1 is 0.700 bits per heavy atom. The van der Waals surface area contributed by atoms with Crippen molar-refractivity contribution in [1.82, 2.24) is 0 Å². The molecule has 148 valence electrons. The van der Waals surface area contributed by atoms with Gasteiger partial charge >= 0.3 is 0 Å². The smallest absolute Gasteiger partial charge is 0.193 e. The SMILES string of the molecule is NC1(N)C=CC(c2ccccc2C(=O)c2ccccc2)C(C(=O)c2ccccc2)=C1. The van der Waals surface area contributed by atoms with Crippen LogP contribution < -0.4 is 11.5 Å². The van der Waals surface area contributed by atoms with E-state index in [1.807, 2.05) is 60.7 Å². The summed E-state index contributed by atoms with van der Waals surface area (Å²) in [5.41, 5.74) is 13.9. The Balaban J connectivity index is 1.80. The van der Waals surface area contributed by atoms with E-state index in [0.717, 1.165) is 5.56 Å². The Morgan fingerprint density at radius 2 is 1.23 bits per heavy atom. The molecule has 4 rings (SSSR count). The highest BCUT2D eigenvalue weighted by Gasteiger charge is 2.31. The molecular weight excluding hydrogens is 372 g/mol. The van der Waals surface area contributed by atoms with E-state index >= 15 is 0 Å². The molecule has 3 aromatic rings. The number of hydrogen-bond acceptors (Lipinski definition) is 4. The third kappa shape index (κ3) is 3.92. The van der Waals surface area contributed by atoms with E-state index in [1.165, 1.54) is 0 Å². The van der Waals surface area contributed by atoms with Gasteiger partial charge in [-0.2, -0.15) is 0 Å². The minimum atomic E-state index is -1.23. The molecule has 4 nitrogen and oxygen atoms in total. The second kappa shape index (κ2) is 8.03. The Morgan fingerprint density at radius 3 is 1.87 bits per heavy atom. The Labute approximate surface area is 175 Å². The molecule has 4 heteroatoms. The maximum Gasteiger partial charge on any atom is 0.193 e. The lowest BCUT2D eigenvalue weighted by Crippen LogP contribution is -2.47. The topological polar surface area (TPSA) is 86.2 Å². The highest BCUT2D eigenvalue weighted by molar-refractivity contribution is 6.12. The molecule has 0 aromatic heterocycles. The van der Waals surface area contributed by atoms with Gasteiger partial charge in [0.1, 0.15) is 5.66 Å². The van der Waals surface area contributed by atoms with Gasteiger partial charge in [0.2, 0.25) is 0 Å². The highest BCUT2D eigenvalue weighted by Crippen LogP contribution is 2.35. The van der Waals surface area contributed by atoms with Gasteiger partial charge in [-0.05, 0) is 17.7 Å². The summed E-state index contributed by atoms with van der Waals surface area (Å²) in [6.45, 7) is 0. The monoisotopic (exact) mass is 394 g/mol. The van der Waals surface area contributed by atoms with Gasteiger partial charge in [0.05, 0.1) is 0 Å². The van der Waals surface area contributed by atoms with E-state index in [-0.39, 0.29) is 11.6 Å². The van der Waals surface area contributed by atoms with Crippen LogP contribution in [0.5, 0.6) is 0 Å². The Hall–Kier alpha value is -3.60. The van der Waals surface area contributed by atoms with E-state index in [9.17, 15) is 9.59 Å². The lowest BCUT2D eigenvalue weighted by molar-refractivity contribution is 0.102. The van der Waals surface area contributed by atoms with Crippen LogP contribution >= 0.6 is 0 Å². The van der Waals surface area contributed by atoms with E-state index in [2.05, 4.69) is 0 Å². The van der Waals surface area contributed by atoms with Gasteiger partial charge in [0.15, 0.2) is 11.6 Å². The highest BCUT2D eigenvalue weighted by atomic mass is 16.1. The molecule has 1 atom stereocenters. The summed E-state index contributed by atoms with van der Waals surface area (Å²) in [6, 6.07) is 25.4. The van der Waals surface area contributed by atoms with Crippen molar-refractivity contribution in [2.75, 3.05) is 0 Å². The first-order valence-corrected chi connectivity index (χ1v) is 9.74. The number of ketones is 2. The summed E-state index contributed by atoms with van der Waals surface area (Å²) in [7, 11) is 0. The quantitative estimate of drug-likeness (QED) is 0.389. The summed E-state index contributed by atoms with van der Waals surface area (Å²) >= 11 is 0. The predicted molar refractivity (Wildman–Crippen MR) is 118 cm³/mol. The van der Waals surface area contributed by atoms with E-state index in [0.29, 0.717) is 22.3 Å². The molecule has 4 N–H and O–H groups in total. The average Bonchev–Trinajstić information content (AvgIpc) is 2.79. The van der Waals surface area contributed by atoms with Crippen LogP contribution in [-0.4, -0.2) is 17.2 Å². The minimum absolute atomic E-state index is 0.0940. The third-order valence-corrected chi connectivity index (χ3v) is 5.19. The molecule has 3 aromatic carbocycles. The average molecular weight is 394 g/mol. The summed E-state index contributed by atoms with van der Waals surface area (Å²) in [5, 5.41) is 0. The van der Waals surface area contributed by atoms with Gasteiger partial charge in [-0.1, -0.05) is 91.0 Å². The zero-order chi connectivity index (χ0) is 21.1. The zero-order valence-electron chi connectivity index (χ0n) is 16.4. The van der Waals surface area contributed by atoms with Crippen LogP contribution in [0.25, 0.3) is 0 Å². The number of Topliss-reactive ketones (excluding diaryl/α,β-unsaturated/α-hetero) is 1. The van der Waals surface area contributed by atoms with Crippen LogP contribution in [0.3, 0.4) is 0 Å². The fourth-order valence-electron chi connectivity index (χ4n) is 3.73. The molecule has 1 unspecified atom stereocenters. The van der Waals surface area contributed by atoms with Gasteiger partial charge in [-0.3, -0.25) is 9.59 Å². The largest absolute Gasteiger partial charge is 0.307 e. The van der Waals surface area contributed by atoms with Gasteiger partial charge in [0, 0.05) is 28.2 Å². The molecule has 0 heterocycles. The predicted octanol–water partition coefficient (Wildman–Crippen LogP) is 3.99. The van der Waals surface area contributed by atoms with Gasteiger partial charge in [-0.15, -0.1) is 0 Å². The van der Waals surface area contributed by atoms with Crippen LogP contribution in [0.2, 0.25) is 0 Å². The van der Waals surface area contributed by atoms with Crippen LogP contribution in [0.1, 0.15) is 37.8 Å². The molecule has 0 aliphatic heterocycles. The first kappa shape index (κ1) is 19.7. The van der Waals surface area contributed by atoms with Gasteiger partial charge < -0.3 is 11.5 Å². The molecular formula is C26H22N2O2. The summed E-state index contributed by atoms with van der Waals surface area (Å²) in [5.74, 6) is -0.683. The number of rotatable bonds is 5. The normalized spacial score (nSPS) is 17.3. The summed E-state index contributed by atoms with van der Waals surface area (Å²) in [6.07, 6.45) is 5.08. The number of hydrogen-bond donors (Lipinski definition) is 2. The van der Waals surface area contributed by atoms with Crippen LogP contribution in [0, 0.1) is 0 Å². The van der Waals surface area contributed by atoms with Crippen molar-refractivity contribution in [2.24, 2.45) is 11.5 Å². The van der Waals surface area contributed by atoms with Crippen molar-refractivity contribution in [2.45, 2.75) is 11.6 Å². The van der Waals surface area contributed by atoms with E-state index in [4.69, 9.17) is 11.5 Å². The fourth-order valence-corrected chi connectivity index (χ4v) is 3.73. The van der Waals surface area contributed by atoms with Crippen molar-refractivity contribution < 1.29 is 9.59 Å². The molecule has 0 saturated carbocycles. The van der Waals surface area contributed by atoms with E-state index in [1.54, 1.807) is 42.5 Å². The number of benzene rings is 3.